The number of methoxy groups -OCH3 is 1. The first kappa shape index (κ1) is 21.6. The van der Waals surface area contributed by atoms with Gasteiger partial charge in [-0.2, -0.15) is 5.26 Å². The van der Waals surface area contributed by atoms with E-state index >= 15 is 0 Å². The van der Waals surface area contributed by atoms with Gasteiger partial charge in [0.1, 0.15) is 29.8 Å². The van der Waals surface area contributed by atoms with E-state index in [0.717, 1.165) is 36.5 Å². The van der Waals surface area contributed by atoms with Gasteiger partial charge in [0.05, 0.1) is 13.7 Å². The summed E-state index contributed by atoms with van der Waals surface area (Å²) in [5, 5.41) is 12.3. The summed E-state index contributed by atoms with van der Waals surface area (Å²) in [5.41, 5.74) is 1.98. The molecule has 2 aliphatic heterocycles. The lowest BCUT2D eigenvalue weighted by Crippen LogP contribution is -2.28. The standard InChI is InChI=1S/C24H25N7O3/c1-3-31-22(29-21-23(31)27-19(12-25)28-24(21)32)15-7-8-20(26-13-15)34-18-9-10-30(14-18)16-5-4-6-17(11-16)33-2/h4-8,11,13,18,22,29H,3,9-10,14H2,1-2H3,(H,27,28,32). The summed E-state index contributed by atoms with van der Waals surface area (Å²) in [6.07, 6.45) is 2.38. The van der Waals surface area contributed by atoms with Gasteiger partial charge >= 0.3 is 0 Å². The van der Waals surface area contributed by atoms with E-state index in [1.807, 2.05) is 48.2 Å². The highest BCUT2D eigenvalue weighted by molar-refractivity contribution is 5.72. The number of benzene rings is 1. The molecule has 1 saturated heterocycles. The number of fused-ring (bicyclic) bond motifs is 1. The third-order valence-electron chi connectivity index (χ3n) is 6.14. The molecule has 2 atom stereocenters. The number of anilines is 3. The first-order valence-corrected chi connectivity index (χ1v) is 11.2. The van der Waals surface area contributed by atoms with Crippen molar-refractivity contribution in [2.75, 3.05) is 41.9 Å². The summed E-state index contributed by atoms with van der Waals surface area (Å²) in [5.74, 6) is 1.86. The molecule has 0 bridgehead atoms. The molecule has 34 heavy (non-hydrogen) atoms. The third-order valence-corrected chi connectivity index (χ3v) is 6.14. The second-order valence-corrected chi connectivity index (χ2v) is 8.16. The maximum Gasteiger partial charge on any atom is 0.277 e. The molecule has 4 heterocycles. The number of nitrogens with zero attached hydrogens (tertiary/aromatic N) is 5. The van der Waals surface area contributed by atoms with Gasteiger partial charge in [-0.25, -0.2) is 9.97 Å². The molecule has 2 N–H and O–H groups in total. The van der Waals surface area contributed by atoms with E-state index in [1.165, 1.54) is 0 Å². The van der Waals surface area contributed by atoms with Crippen molar-refractivity contribution in [1.29, 1.82) is 5.26 Å². The molecule has 10 nitrogen and oxygen atoms in total. The van der Waals surface area contributed by atoms with Crippen molar-refractivity contribution in [1.82, 2.24) is 15.0 Å². The van der Waals surface area contributed by atoms with E-state index in [4.69, 9.17) is 14.7 Å². The van der Waals surface area contributed by atoms with Crippen LogP contribution in [-0.2, 0) is 0 Å². The molecule has 0 spiro atoms. The molecule has 10 heteroatoms. The number of nitrogens with one attached hydrogen (secondary N) is 2. The number of ether oxygens (including phenoxy) is 2. The van der Waals surface area contributed by atoms with Crippen molar-refractivity contribution in [3.8, 4) is 17.7 Å². The molecule has 1 fully saturated rings. The summed E-state index contributed by atoms with van der Waals surface area (Å²) in [7, 11) is 1.67. The fraction of sp³-hybridized carbons (Fsp3) is 0.333. The number of aromatic amines is 1. The van der Waals surface area contributed by atoms with Gasteiger partial charge in [-0.15, -0.1) is 0 Å². The molecular formula is C24H25N7O3. The lowest BCUT2D eigenvalue weighted by molar-refractivity contribution is 0.215. The van der Waals surface area contributed by atoms with Crippen LogP contribution in [0.3, 0.4) is 0 Å². The molecule has 174 valence electrons. The zero-order valence-electron chi connectivity index (χ0n) is 19.0. The Hall–Kier alpha value is -4.26. The summed E-state index contributed by atoms with van der Waals surface area (Å²) in [4.78, 5) is 27.8. The number of H-pyrrole nitrogens is 1. The van der Waals surface area contributed by atoms with Gasteiger partial charge in [0, 0.05) is 49.1 Å². The quantitative estimate of drug-likeness (QED) is 0.573. The first-order valence-electron chi connectivity index (χ1n) is 11.2. The van der Waals surface area contributed by atoms with Crippen LogP contribution in [0.2, 0.25) is 0 Å². The Morgan fingerprint density at radius 1 is 1.29 bits per heavy atom. The highest BCUT2D eigenvalue weighted by Gasteiger charge is 2.33. The van der Waals surface area contributed by atoms with Crippen LogP contribution in [0, 0.1) is 11.3 Å². The average Bonchev–Trinajstić information content (AvgIpc) is 3.49. The lowest BCUT2D eigenvalue weighted by atomic mass is 10.2. The molecular weight excluding hydrogens is 434 g/mol. The van der Waals surface area contributed by atoms with Gasteiger partial charge in [-0.3, -0.25) is 9.78 Å². The van der Waals surface area contributed by atoms with Gasteiger partial charge in [0.2, 0.25) is 11.7 Å². The highest BCUT2D eigenvalue weighted by Crippen LogP contribution is 2.37. The van der Waals surface area contributed by atoms with Crippen LogP contribution in [-0.4, -0.2) is 47.8 Å². The largest absolute Gasteiger partial charge is 0.497 e. The Kier molecular flexibility index (Phi) is 5.67. The lowest BCUT2D eigenvalue weighted by Gasteiger charge is -2.24. The van der Waals surface area contributed by atoms with E-state index in [9.17, 15) is 4.79 Å². The van der Waals surface area contributed by atoms with Gasteiger partial charge in [0.15, 0.2) is 5.82 Å². The van der Waals surface area contributed by atoms with Gasteiger partial charge < -0.3 is 24.6 Å². The Balaban J connectivity index is 1.27. The van der Waals surface area contributed by atoms with Crippen molar-refractivity contribution in [2.24, 2.45) is 0 Å². The van der Waals surface area contributed by atoms with E-state index in [2.05, 4.69) is 31.2 Å². The van der Waals surface area contributed by atoms with Crippen molar-refractivity contribution < 1.29 is 9.47 Å². The second kappa shape index (κ2) is 8.94. The van der Waals surface area contributed by atoms with Crippen LogP contribution in [0.4, 0.5) is 17.2 Å². The van der Waals surface area contributed by atoms with Gasteiger partial charge in [-0.1, -0.05) is 6.07 Å². The van der Waals surface area contributed by atoms with E-state index in [-0.39, 0.29) is 23.7 Å². The van der Waals surface area contributed by atoms with E-state index in [0.29, 0.717) is 23.9 Å². The zero-order chi connectivity index (χ0) is 23.7. The second-order valence-electron chi connectivity index (χ2n) is 8.16. The van der Waals surface area contributed by atoms with Crippen LogP contribution in [0.5, 0.6) is 11.6 Å². The Bertz CT molecular complexity index is 1280. The molecule has 3 aromatic rings. The third kappa shape index (κ3) is 3.96. The normalized spacial score (nSPS) is 18.9. The molecule has 0 radical (unpaired) electrons. The smallest absolute Gasteiger partial charge is 0.277 e. The topological polar surface area (TPSA) is 119 Å². The molecule has 1 aromatic carbocycles. The summed E-state index contributed by atoms with van der Waals surface area (Å²) in [6.45, 7) is 4.25. The fourth-order valence-corrected chi connectivity index (χ4v) is 4.44. The van der Waals surface area contributed by atoms with Crippen molar-refractivity contribution >= 4 is 17.2 Å². The number of hydrogen-bond donors (Lipinski definition) is 2. The molecule has 2 aliphatic rings. The molecule has 0 amide bonds. The highest BCUT2D eigenvalue weighted by atomic mass is 16.5. The minimum Gasteiger partial charge on any atom is -0.497 e. The van der Waals surface area contributed by atoms with Crippen LogP contribution in [0.15, 0.2) is 47.4 Å². The first-order chi connectivity index (χ1) is 16.6. The van der Waals surface area contributed by atoms with Gasteiger partial charge in [0.25, 0.3) is 5.56 Å². The molecule has 5 rings (SSSR count). The summed E-state index contributed by atoms with van der Waals surface area (Å²) in [6, 6.07) is 13.7. The fourth-order valence-electron chi connectivity index (χ4n) is 4.44. The van der Waals surface area contributed by atoms with Crippen LogP contribution in [0.1, 0.15) is 30.9 Å². The van der Waals surface area contributed by atoms with Crippen molar-refractivity contribution in [2.45, 2.75) is 25.6 Å². The molecule has 0 aliphatic carbocycles. The van der Waals surface area contributed by atoms with Crippen LogP contribution >= 0.6 is 0 Å². The van der Waals surface area contributed by atoms with Crippen molar-refractivity contribution in [3.05, 3.63) is 64.3 Å². The number of hydrogen-bond acceptors (Lipinski definition) is 9. The Labute approximate surface area is 196 Å². The monoisotopic (exact) mass is 459 g/mol. The molecule has 2 aromatic heterocycles. The number of aromatic nitrogens is 3. The van der Waals surface area contributed by atoms with Crippen molar-refractivity contribution in [3.63, 3.8) is 0 Å². The SMILES string of the molecule is CCN1c2nc(C#N)[nH]c(=O)c2NC1c1ccc(OC2CCN(c3cccc(OC)c3)C2)nc1. The minimum atomic E-state index is -0.364. The number of rotatable bonds is 6. The number of pyridine rings is 1. The van der Waals surface area contributed by atoms with Crippen LogP contribution in [0.25, 0.3) is 0 Å². The zero-order valence-corrected chi connectivity index (χ0v) is 19.0. The predicted octanol–water partition coefficient (Wildman–Crippen LogP) is 2.65. The maximum atomic E-state index is 12.4. The van der Waals surface area contributed by atoms with Gasteiger partial charge in [-0.05, 0) is 25.1 Å². The van der Waals surface area contributed by atoms with Crippen LogP contribution < -0.4 is 30.1 Å². The van der Waals surface area contributed by atoms with E-state index < -0.39 is 0 Å². The molecule has 0 saturated carbocycles. The predicted molar refractivity (Wildman–Crippen MR) is 127 cm³/mol. The van der Waals surface area contributed by atoms with E-state index in [1.54, 1.807) is 13.3 Å². The summed E-state index contributed by atoms with van der Waals surface area (Å²) < 4.78 is 11.5. The minimum absolute atomic E-state index is 0.00826. The number of nitriles is 1. The average molecular weight is 460 g/mol. The Morgan fingerprint density at radius 3 is 2.91 bits per heavy atom. The summed E-state index contributed by atoms with van der Waals surface area (Å²) >= 11 is 0. The Morgan fingerprint density at radius 2 is 2.18 bits per heavy atom. The molecule has 2 unspecified atom stereocenters. The maximum absolute atomic E-state index is 12.4.